The van der Waals surface area contributed by atoms with Crippen LogP contribution in [0.25, 0.3) is 10.9 Å². The Bertz CT molecular complexity index is 992. The Hall–Kier alpha value is -3.28. The molecule has 6 nitrogen and oxygen atoms in total. The molecule has 1 aromatic heterocycles. The molecule has 28 heavy (non-hydrogen) atoms. The molecule has 2 aromatic carbocycles. The van der Waals surface area contributed by atoms with Crippen molar-refractivity contribution >= 4 is 23.2 Å². The van der Waals surface area contributed by atoms with Gasteiger partial charge in [-0.05, 0) is 42.7 Å². The van der Waals surface area contributed by atoms with Crippen molar-refractivity contribution in [2.45, 2.75) is 26.8 Å². The van der Waals surface area contributed by atoms with E-state index in [0.29, 0.717) is 13.2 Å². The Morgan fingerprint density at radius 1 is 1.25 bits per heavy atom. The quantitative estimate of drug-likeness (QED) is 0.492. The minimum Gasteiger partial charge on any atom is -0.492 e. The lowest BCUT2D eigenvalue weighted by Crippen LogP contribution is -2.16. The molecule has 0 bridgehead atoms. The lowest BCUT2D eigenvalue weighted by molar-refractivity contribution is 0.171. The summed E-state index contributed by atoms with van der Waals surface area (Å²) in [6.45, 7) is 5.48. The van der Waals surface area contributed by atoms with Crippen LogP contribution in [0.4, 0.5) is 4.79 Å². The normalized spacial score (nSPS) is 11.1. The van der Waals surface area contributed by atoms with Gasteiger partial charge in [0.1, 0.15) is 12.4 Å². The summed E-state index contributed by atoms with van der Waals surface area (Å²) in [6, 6.07) is 14.4. The van der Waals surface area contributed by atoms with Crippen LogP contribution < -0.4 is 10.2 Å². The molecule has 146 valence electrons. The van der Waals surface area contributed by atoms with E-state index in [4.69, 9.17) is 4.74 Å². The van der Waals surface area contributed by atoms with E-state index in [1.54, 1.807) is 6.21 Å². The van der Waals surface area contributed by atoms with Gasteiger partial charge in [0.05, 0.1) is 19.9 Å². The van der Waals surface area contributed by atoms with Crippen LogP contribution >= 0.6 is 0 Å². The zero-order chi connectivity index (χ0) is 19.9. The molecule has 0 saturated heterocycles. The number of para-hydroxylation sites is 1. The van der Waals surface area contributed by atoms with Gasteiger partial charge in [-0.2, -0.15) is 5.10 Å². The molecule has 1 amide bonds. The SMILES string of the molecule is CCc1cc(C)cc(OCCn2cc(/C=N/NC(=O)OC)c3ccccc32)c1. The lowest BCUT2D eigenvalue weighted by Gasteiger charge is -2.10. The maximum Gasteiger partial charge on any atom is 0.427 e. The number of hydrogen-bond donors (Lipinski definition) is 1. The number of hydrogen-bond acceptors (Lipinski definition) is 4. The van der Waals surface area contributed by atoms with Crippen LogP contribution in [0.2, 0.25) is 0 Å². The Kier molecular flexibility index (Phi) is 6.32. The third-order valence-corrected chi connectivity index (χ3v) is 4.48. The molecule has 0 atom stereocenters. The monoisotopic (exact) mass is 379 g/mol. The summed E-state index contributed by atoms with van der Waals surface area (Å²) in [5.74, 6) is 0.900. The topological polar surface area (TPSA) is 64.8 Å². The Morgan fingerprint density at radius 3 is 2.86 bits per heavy atom. The first-order valence-electron chi connectivity index (χ1n) is 9.29. The van der Waals surface area contributed by atoms with Gasteiger partial charge in [-0.1, -0.05) is 31.2 Å². The second-order valence-corrected chi connectivity index (χ2v) is 6.51. The molecule has 3 aromatic rings. The lowest BCUT2D eigenvalue weighted by atomic mass is 10.1. The molecule has 1 heterocycles. The summed E-state index contributed by atoms with van der Waals surface area (Å²) < 4.78 is 12.6. The van der Waals surface area contributed by atoms with Crippen LogP contribution in [0, 0.1) is 6.92 Å². The standard InChI is InChI=1S/C22H25N3O3/c1-4-17-11-16(2)12-19(13-17)28-10-9-25-15-18(14-23-24-22(26)27-3)20-7-5-6-8-21(20)25/h5-8,11-15H,4,9-10H2,1-3H3,(H,24,26)/b23-14+. The highest BCUT2D eigenvalue weighted by Gasteiger charge is 2.07. The summed E-state index contributed by atoms with van der Waals surface area (Å²) in [7, 11) is 1.30. The maximum atomic E-state index is 11.1. The number of aryl methyl sites for hydroxylation is 2. The summed E-state index contributed by atoms with van der Waals surface area (Å²) in [6.07, 6.45) is 4.01. The average molecular weight is 379 g/mol. The fourth-order valence-corrected chi connectivity index (χ4v) is 3.14. The van der Waals surface area contributed by atoms with E-state index in [-0.39, 0.29) is 0 Å². The van der Waals surface area contributed by atoms with E-state index in [9.17, 15) is 4.79 Å². The van der Waals surface area contributed by atoms with E-state index in [1.807, 2.05) is 24.4 Å². The predicted molar refractivity (Wildman–Crippen MR) is 111 cm³/mol. The van der Waals surface area contributed by atoms with Crippen LogP contribution in [-0.2, 0) is 17.7 Å². The highest BCUT2D eigenvalue weighted by atomic mass is 16.5. The summed E-state index contributed by atoms with van der Waals surface area (Å²) in [5.41, 5.74) is 6.79. The second kappa shape index (κ2) is 9.08. The van der Waals surface area contributed by atoms with Gasteiger partial charge in [-0.3, -0.25) is 0 Å². The molecule has 3 rings (SSSR count). The van der Waals surface area contributed by atoms with Gasteiger partial charge < -0.3 is 14.0 Å². The number of carbonyl (C=O) groups excluding carboxylic acids is 1. The number of nitrogens with one attached hydrogen (secondary N) is 1. The molecule has 1 N–H and O–H groups in total. The fraction of sp³-hybridized carbons (Fsp3) is 0.273. The number of carbonyl (C=O) groups is 1. The summed E-state index contributed by atoms with van der Waals surface area (Å²) in [5, 5.41) is 5.00. The third kappa shape index (κ3) is 4.71. The average Bonchev–Trinajstić information content (AvgIpc) is 3.05. The van der Waals surface area contributed by atoms with Crippen molar-refractivity contribution in [3.8, 4) is 5.75 Å². The van der Waals surface area contributed by atoms with Gasteiger partial charge in [-0.15, -0.1) is 0 Å². The third-order valence-electron chi connectivity index (χ3n) is 4.48. The number of hydrazone groups is 1. The van der Waals surface area contributed by atoms with Crippen molar-refractivity contribution in [1.82, 2.24) is 9.99 Å². The molecular formula is C22H25N3O3. The molecule has 0 aliphatic heterocycles. The summed E-state index contributed by atoms with van der Waals surface area (Å²) >= 11 is 0. The molecule has 0 spiro atoms. The Labute approximate surface area is 164 Å². The Morgan fingerprint density at radius 2 is 2.07 bits per heavy atom. The number of nitrogens with zero attached hydrogens (tertiary/aromatic N) is 2. The van der Waals surface area contributed by atoms with Crippen LogP contribution in [0.15, 0.2) is 53.8 Å². The zero-order valence-corrected chi connectivity index (χ0v) is 16.4. The largest absolute Gasteiger partial charge is 0.492 e. The van der Waals surface area contributed by atoms with Crippen molar-refractivity contribution in [1.29, 1.82) is 0 Å². The van der Waals surface area contributed by atoms with Gasteiger partial charge in [0.15, 0.2) is 0 Å². The number of benzene rings is 2. The van der Waals surface area contributed by atoms with E-state index >= 15 is 0 Å². The van der Waals surface area contributed by atoms with Gasteiger partial charge in [0.25, 0.3) is 0 Å². The number of amides is 1. The number of fused-ring (bicyclic) bond motifs is 1. The van der Waals surface area contributed by atoms with Crippen molar-refractivity contribution < 1.29 is 14.3 Å². The van der Waals surface area contributed by atoms with E-state index in [2.05, 4.69) is 57.9 Å². The van der Waals surface area contributed by atoms with Crippen molar-refractivity contribution in [2.24, 2.45) is 5.10 Å². The van der Waals surface area contributed by atoms with Crippen LogP contribution in [0.1, 0.15) is 23.6 Å². The van der Waals surface area contributed by atoms with Crippen molar-refractivity contribution in [3.63, 3.8) is 0 Å². The van der Waals surface area contributed by atoms with Crippen LogP contribution in [-0.4, -0.2) is 30.6 Å². The smallest absolute Gasteiger partial charge is 0.427 e. The summed E-state index contributed by atoms with van der Waals surface area (Å²) in [4.78, 5) is 11.1. The van der Waals surface area contributed by atoms with Gasteiger partial charge in [0.2, 0.25) is 0 Å². The predicted octanol–water partition coefficient (Wildman–Crippen LogP) is 4.28. The van der Waals surface area contributed by atoms with Crippen LogP contribution in [0.3, 0.4) is 0 Å². The zero-order valence-electron chi connectivity index (χ0n) is 16.4. The highest BCUT2D eigenvalue weighted by molar-refractivity contribution is 5.99. The first kappa shape index (κ1) is 19.5. The van der Waals surface area contributed by atoms with Crippen LogP contribution in [0.5, 0.6) is 5.75 Å². The Balaban J connectivity index is 1.73. The maximum absolute atomic E-state index is 11.1. The van der Waals surface area contributed by atoms with Gasteiger partial charge in [-0.25, -0.2) is 10.2 Å². The molecule has 0 saturated carbocycles. The molecule has 0 aliphatic carbocycles. The van der Waals surface area contributed by atoms with E-state index < -0.39 is 6.09 Å². The highest BCUT2D eigenvalue weighted by Crippen LogP contribution is 2.21. The number of aromatic nitrogens is 1. The van der Waals surface area contributed by atoms with E-state index in [0.717, 1.165) is 28.6 Å². The van der Waals surface area contributed by atoms with Gasteiger partial charge >= 0.3 is 6.09 Å². The van der Waals surface area contributed by atoms with Gasteiger partial charge in [0, 0.05) is 22.7 Å². The number of methoxy groups -OCH3 is 1. The van der Waals surface area contributed by atoms with E-state index in [1.165, 1.54) is 18.2 Å². The molecular weight excluding hydrogens is 354 g/mol. The molecule has 0 unspecified atom stereocenters. The fourth-order valence-electron chi connectivity index (χ4n) is 3.14. The second-order valence-electron chi connectivity index (χ2n) is 6.51. The number of rotatable bonds is 7. The van der Waals surface area contributed by atoms with Crippen molar-refractivity contribution in [2.75, 3.05) is 13.7 Å². The molecule has 0 radical (unpaired) electrons. The minimum absolute atomic E-state index is 0.558. The van der Waals surface area contributed by atoms with Crippen molar-refractivity contribution in [3.05, 3.63) is 65.4 Å². The first-order valence-corrected chi connectivity index (χ1v) is 9.29. The number of ether oxygens (including phenoxy) is 2. The molecule has 0 aliphatic rings. The molecule has 6 heteroatoms. The molecule has 0 fully saturated rings. The minimum atomic E-state index is -0.599. The first-order chi connectivity index (χ1) is 13.6.